The van der Waals surface area contributed by atoms with Crippen molar-refractivity contribution in [3.05, 3.63) is 29.8 Å². The lowest BCUT2D eigenvalue weighted by atomic mass is 10.2. The number of hydrogen-bond acceptors (Lipinski definition) is 5. The molecule has 0 aliphatic carbocycles. The molecule has 1 fully saturated rings. The van der Waals surface area contributed by atoms with Crippen LogP contribution < -0.4 is 15.4 Å². The third-order valence-corrected chi connectivity index (χ3v) is 5.58. The van der Waals surface area contributed by atoms with Gasteiger partial charge in [-0.2, -0.15) is 0 Å². The van der Waals surface area contributed by atoms with Gasteiger partial charge in [-0.25, -0.2) is 8.42 Å². The van der Waals surface area contributed by atoms with Crippen LogP contribution in [-0.4, -0.2) is 71.1 Å². The number of hydrogen-bond donors (Lipinski definition) is 2. The van der Waals surface area contributed by atoms with Crippen molar-refractivity contribution in [2.45, 2.75) is 6.54 Å². The van der Waals surface area contributed by atoms with Gasteiger partial charge in [-0.3, -0.25) is 9.89 Å². The number of nitrogens with zero attached hydrogens (tertiary/aromatic N) is 2. The summed E-state index contributed by atoms with van der Waals surface area (Å²) >= 11 is 0. The highest BCUT2D eigenvalue weighted by Gasteiger charge is 2.20. The van der Waals surface area contributed by atoms with Crippen molar-refractivity contribution in [3.63, 3.8) is 0 Å². The van der Waals surface area contributed by atoms with E-state index >= 15 is 0 Å². The first-order valence-electron chi connectivity index (χ1n) is 8.02. The molecule has 1 aliphatic heterocycles. The van der Waals surface area contributed by atoms with Crippen LogP contribution in [0.25, 0.3) is 0 Å². The first-order chi connectivity index (χ1) is 11.5. The highest BCUT2D eigenvalue weighted by atomic mass is 127. The number of guanidine groups is 1. The number of sulfone groups is 1. The van der Waals surface area contributed by atoms with Crippen LogP contribution in [0.15, 0.2) is 29.3 Å². The smallest absolute Gasteiger partial charge is 0.191 e. The lowest BCUT2D eigenvalue weighted by molar-refractivity contribution is 0.299. The van der Waals surface area contributed by atoms with E-state index in [1.54, 1.807) is 14.2 Å². The Balaban J connectivity index is 0.00000312. The first-order valence-corrected chi connectivity index (χ1v) is 9.85. The summed E-state index contributed by atoms with van der Waals surface area (Å²) in [7, 11) is 0.567. The Hall–Kier alpha value is -1.07. The molecule has 1 aromatic carbocycles. The van der Waals surface area contributed by atoms with Crippen molar-refractivity contribution in [1.82, 2.24) is 15.5 Å². The number of aliphatic imine (C=N–C) groups is 1. The standard InChI is InChI=1S/C16H26N4O3S.HI/c1-17-16(19-13-14-4-3-5-15(12-14)23-2)18-6-7-20-8-10-24(21,22)11-9-20;/h3-5,12H,6-11,13H2,1-2H3,(H2,17,18,19);1H. The minimum Gasteiger partial charge on any atom is -0.497 e. The molecule has 0 saturated carbocycles. The molecule has 2 N–H and O–H groups in total. The Labute approximate surface area is 167 Å². The van der Waals surface area contributed by atoms with Gasteiger partial charge < -0.3 is 15.4 Å². The van der Waals surface area contributed by atoms with E-state index in [0.29, 0.717) is 19.6 Å². The summed E-state index contributed by atoms with van der Waals surface area (Å²) in [6.45, 7) is 3.39. The molecule has 0 atom stereocenters. The van der Waals surface area contributed by atoms with Crippen LogP contribution in [0.4, 0.5) is 0 Å². The number of rotatable bonds is 6. The zero-order valence-electron chi connectivity index (χ0n) is 14.7. The van der Waals surface area contributed by atoms with Crippen LogP contribution in [0, 0.1) is 0 Å². The van der Waals surface area contributed by atoms with Gasteiger partial charge >= 0.3 is 0 Å². The van der Waals surface area contributed by atoms with Gasteiger partial charge in [0.05, 0.1) is 18.6 Å². The van der Waals surface area contributed by atoms with E-state index in [1.165, 1.54) is 0 Å². The van der Waals surface area contributed by atoms with Gasteiger partial charge in [-0.05, 0) is 17.7 Å². The molecular weight excluding hydrogens is 455 g/mol. The highest BCUT2D eigenvalue weighted by molar-refractivity contribution is 14.0. The summed E-state index contributed by atoms with van der Waals surface area (Å²) < 4.78 is 28.0. The van der Waals surface area contributed by atoms with E-state index in [-0.39, 0.29) is 35.5 Å². The molecule has 1 saturated heterocycles. The van der Waals surface area contributed by atoms with E-state index in [0.717, 1.165) is 30.4 Å². The molecule has 1 aliphatic rings. The summed E-state index contributed by atoms with van der Waals surface area (Å²) in [4.78, 5) is 6.36. The summed E-state index contributed by atoms with van der Waals surface area (Å²) in [5.74, 6) is 2.07. The minimum atomic E-state index is -2.82. The number of halogens is 1. The van der Waals surface area contributed by atoms with Crippen LogP contribution >= 0.6 is 24.0 Å². The third kappa shape index (κ3) is 7.78. The maximum absolute atomic E-state index is 11.4. The fourth-order valence-corrected chi connectivity index (χ4v) is 3.77. The lowest BCUT2D eigenvalue weighted by Gasteiger charge is -2.26. The van der Waals surface area contributed by atoms with E-state index in [9.17, 15) is 8.42 Å². The molecule has 0 aromatic heterocycles. The predicted molar refractivity (Wildman–Crippen MR) is 112 cm³/mol. The number of benzene rings is 1. The second-order valence-electron chi connectivity index (χ2n) is 5.70. The van der Waals surface area contributed by atoms with E-state index < -0.39 is 9.84 Å². The van der Waals surface area contributed by atoms with Crippen LogP contribution in [0.1, 0.15) is 5.56 Å². The molecule has 142 valence electrons. The quantitative estimate of drug-likeness (QED) is 0.353. The Morgan fingerprint density at radius 1 is 1.28 bits per heavy atom. The molecule has 1 aromatic rings. The van der Waals surface area contributed by atoms with Crippen molar-refractivity contribution in [1.29, 1.82) is 0 Å². The minimum absolute atomic E-state index is 0. The molecule has 7 nitrogen and oxygen atoms in total. The topological polar surface area (TPSA) is 83.0 Å². The molecule has 0 spiro atoms. The maximum Gasteiger partial charge on any atom is 0.191 e. The van der Waals surface area contributed by atoms with Crippen LogP contribution in [0.3, 0.4) is 0 Å². The Morgan fingerprint density at radius 2 is 2.00 bits per heavy atom. The second kappa shape index (κ2) is 10.8. The van der Waals surface area contributed by atoms with Crippen molar-refractivity contribution in [2.24, 2.45) is 4.99 Å². The van der Waals surface area contributed by atoms with E-state index in [1.807, 2.05) is 24.3 Å². The van der Waals surface area contributed by atoms with E-state index in [4.69, 9.17) is 4.74 Å². The summed E-state index contributed by atoms with van der Waals surface area (Å²) in [5, 5.41) is 6.51. The first kappa shape index (κ1) is 22.0. The van der Waals surface area contributed by atoms with Gasteiger partial charge in [0.1, 0.15) is 5.75 Å². The van der Waals surface area contributed by atoms with Crippen molar-refractivity contribution < 1.29 is 13.2 Å². The van der Waals surface area contributed by atoms with Crippen LogP contribution in [0.5, 0.6) is 5.75 Å². The zero-order valence-corrected chi connectivity index (χ0v) is 17.8. The van der Waals surface area contributed by atoms with Crippen molar-refractivity contribution >= 4 is 39.8 Å². The SMILES string of the molecule is CN=C(NCCN1CCS(=O)(=O)CC1)NCc1cccc(OC)c1.I. The molecule has 0 amide bonds. The fourth-order valence-electron chi connectivity index (χ4n) is 2.50. The normalized spacial score (nSPS) is 17.4. The number of methoxy groups -OCH3 is 1. The molecule has 25 heavy (non-hydrogen) atoms. The number of nitrogens with one attached hydrogen (secondary N) is 2. The largest absolute Gasteiger partial charge is 0.497 e. The molecule has 2 rings (SSSR count). The zero-order chi connectivity index (χ0) is 17.4. The van der Waals surface area contributed by atoms with Crippen molar-refractivity contribution in [2.75, 3.05) is 51.8 Å². The van der Waals surface area contributed by atoms with Gasteiger partial charge in [0.25, 0.3) is 0 Å². The Morgan fingerprint density at radius 3 is 2.64 bits per heavy atom. The van der Waals surface area contributed by atoms with Gasteiger partial charge in [-0.1, -0.05) is 12.1 Å². The van der Waals surface area contributed by atoms with Gasteiger partial charge in [0.2, 0.25) is 0 Å². The van der Waals surface area contributed by atoms with Gasteiger partial charge in [0, 0.05) is 39.8 Å². The Kier molecular flexibility index (Phi) is 9.51. The Bertz CT molecular complexity index is 653. The molecular formula is C16H27IN4O3S. The van der Waals surface area contributed by atoms with Crippen LogP contribution in [0.2, 0.25) is 0 Å². The fraction of sp³-hybridized carbons (Fsp3) is 0.562. The van der Waals surface area contributed by atoms with Gasteiger partial charge in [-0.15, -0.1) is 24.0 Å². The van der Waals surface area contributed by atoms with Gasteiger partial charge in [0.15, 0.2) is 15.8 Å². The average Bonchev–Trinajstić information content (AvgIpc) is 2.59. The van der Waals surface area contributed by atoms with Crippen LogP contribution in [-0.2, 0) is 16.4 Å². The van der Waals surface area contributed by atoms with Crippen molar-refractivity contribution in [3.8, 4) is 5.75 Å². The lowest BCUT2D eigenvalue weighted by Crippen LogP contribution is -2.45. The summed E-state index contributed by atoms with van der Waals surface area (Å²) in [5.41, 5.74) is 1.11. The summed E-state index contributed by atoms with van der Waals surface area (Å²) in [6.07, 6.45) is 0. The predicted octanol–water partition coefficient (Wildman–Crippen LogP) is 0.709. The van der Waals surface area contributed by atoms with E-state index in [2.05, 4.69) is 20.5 Å². The maximum atomic E-state index is 11.4. The summed E-state index contributed by atoms with van der Waals surface area (Å²) in [6, 6.07) is 7.87. The second-order valence-corrected chi connectivity index (χ2v) is 8.00. The molecule has 0 radical (unpaired) electrons. The molecule has 9 heteroatoms. The average molecular weight is 482 g/mol. The molecule has 1 heterocycles. The third-order valence-electron chi connectivity index (χ3n) is 3.98. The number of ether oxygens (including phenoxy) is 1. The molecule has 0 unspecified atom stereocenters. The highest BCUT2D eigenvalue weighted by Crippen LogP contribution is 2.12. The monoisotopic (exact) mass is 482 g/mol. The molecule has 0 bridgehead atoms.